The van der Waals surface area contributed by atoms with Gasteiger partial charge in [-0.15, -0.1) is 0 Å². The Bertz CT molecular complexity index is 3530. The summed E-state index contributed by atoms with van der Waals surface area (Å²) in [7, 11) is 0. The minimum absolute atomic E-state index is 0.852. The molecule has 0 saturated carbocycles. The molecule has 12 aromatic rings. The largest absolute Gasteiger partial charge is 0.455 e. The number of para-hydroxylation sites is 3. The van der Waals surface area contributed by atoms with E-state index < -0.39 is 0 Å². The summed E-state index contributed by atoms with van der Waals surface area (Å²) in [5.41, 5.74) is 17.5. The molecule has 0 aliphatic carbocycles. The fraction of sp³-hybridized carbons (Fsp3) is 0. The topological polar surface area (TPSA) is 21.3 Å². The molecule has 0 fully saturated rings. The van der Waals surface area contributed by atoms with E-state index in [2.05, 4.69) is 252 Å². The minimum Gasteiger partial charge on any atom is -0.455 e. The fourth-order valence-corrected chi connectivity index (χ4v) is 9.45. The van der Waals surface area contributed by atoms with Crippen LogP contribution in [0.2, 0.25) is 0 Å². The summed E-state index contributed by atoms with van der Waals surface area (Å²) in [6, 6.07) is 87.0. The zero-order valence-corrected chi connectivity index (χ0v) is 34.4. The van der Waals surface area contributed by atoms with Crippen LogP contribution in [0.1, 0.15) is 0 Å². The number of benzene rings is 10. The van der Waals surface area contributed by atoms with Crippen LogP contribution in [0.3, 0.4) is 0 Å². The molecule has 3 nitrogen and oxygen atoms in total. The number of furan rings is 1. The number of hydrogen-bond acceptors (Lipinski definition) is 2. The molecule has 0 amide bonds. The van der Waals surface area contributed by atoms with Crippen LogP contribution in [-0.2, 0) is 0 Å². The highest BCUT2D eigenvalue weighted by molar-refractivity contribution is 6.17. The Morgan fingerprint density at radius 1 is 0.333 bits per heavy atom. The molecule has 2 aromatic heterocycles. The molecule has 12 rings (SSSR count). The maximum Gasteiger partial charge on any atom is 0.145 e. The Hall–Kier alpha value is -8.40. The van der Waals surface area contributed by atoms with Gasteiger partial charge in [-0.25, -0.2) is 0 Å². The maximum atomic E-state index is 6.96. The predicted molar refractivity (Wildman–Crippen MR) is 264 cm³/mol. The van der Waals surface area contributed by atoms with E-state index in [4.69, 9.17) is 4.42 Å². The van der Waals surface area contributed by atoms with Crippen molar-refractivity contribution in [3.8, 4) is 50.2 Å². The van der Waals surface area contributed by atoms with Gasteiger partial charge >= 0.3 is 0 Å². The molecule has 10 aromatic carbocycles. The zero-order chi connectivity index (χ0) is 41.7. The van der Waals surface area contributed by atoms with Crippen LogP contribution >= 0.6 is 0 Å². The van der Waals surface area contributed by atoms with Crippen molar-refractivity contribution in [2.75, 3.05) is 4.90 Å². The van der Waals surface area contributed by atoms with Crippen molar-refractivity contribution in [1.29, 1.82) is 0 Å². The highest BCUT2D eigenvalue weighted by atomic mass is 16.3. The fourth-order valence-electron chi connectivity index (χ4n) is 9.45. The number of fused-ring (bicyclic) bond motifs is 6. The average molecular weight is 805 g/mol. The summed E-state index contributed by atoms with van der Waals surface area (Å²) in [6.45, 7) is 0. The van der Waals surface area contributed by atoms with Crippen molar-refractivity contribution in [2.45, 2.75) is 0 Å². The number of anilines is 3. The Labute approximate surface area is 366 Å². The second-order valence-electron chi connectivity index (χ2n) is 16.1. The Morgan fingerprint density at radius 3 is 1.46 bits per heavy atom. The first kappa shape index (κ1) is 36.5. The quantitative estimate of drug-likeness (QED) is 0.153. The normalized spacial score (nSPS) is 11.5. The first-order chi connectivity index (χ1) is 31.3. The summed E-state index contributed by atoms with van der Waals surface area (Å²) in [5, 5.41) is 4.63. The summed E-state index contributed by atoms with van der Waals surface area (Å²) in [4.78, 5) is 2.42. The van der Waals surface area contributed by atoms with Crippen LogP contribution in [0, 0.1) is 0 Å². The first-order valence-electron chi connectivity index (χ1n) is 21.5. The Morgan fingerprint density at radius 2 is 0.810 bits per heavy atom. The zero-order valence-electron chi connectivity index (χ0n) is 34.4. The average Bonchev–Trinajstić information content (AvgIpc) is 3.92. The van der Waals surface area contributed by atoms with Gasteiger partial charge in [-0.2, -0.15) is 0 Å². The SMILES string of the molecule is c1ccc(-c2ccc(N(c3ccc(-c4ccccc4)cc3-c3ccccc3)c3ccc(-c4ccc(-n5c6ccccc6c6ccccc65)cc4)c4oc5ccccc5c34)cc2)cc1. The third-order valence-corrected chi connectivity index (χ3v) is 12.4. The van der Waals surface area contributed by atoms with Gasteiger partial charge in [0.2, 0.25) is 0 Å². The van der Waals surface area contributed by atoms with E-state index in [1.165, 1.54) is 38.5 Å². The highest BCUT2D eigenvalue weighted by Gasteiger charge is 2.25. The summed E-state index contributed by atoms with van der Waals surface area (Å²) in [5.74, 6) is 0. The van der Waals surface area contributed by atoms with E-state index in [0.717, 1.165) is 72.5 Å². The van der Waals surface area contributed by atoms with Crippen molar-refractivity contribution in [3.63, 3.8) is 0 Å². The maximum absolute atomic E-state index is 6.96. The lowest BCUT2D eigenvalue weighted by atomic mass is 9.95. The van der Waals surface area contributed by atoms with Crippen molar-refractivity contribution >= 4 is 60.8 Å². The van der Waals surface area contributed by atoms with Gasteiger partial charge in [-0.05, 0) is 100 Å². The molecule has 0 atom stereocenters. The molecule has 3 heteroatoms. The van der Waals surface area contributed by atoms with Crippen molar-refractivity contribution in [3.05, 3.63) is 243 Å². The molecule has 0 spiro atoms. The highest BCUT2D eigenvalue weighted by Crippen LogP contribution is 2.49. The van der Waals surface area contributed by atoms with Crippen LogP contribution in [0.25, 0.3) is 93.9 Å². The Balaban J connectivity index is 1.07. The molecule has 0 radical (unpaired) electrons. The molecule has 0 aliphatic rings. The van der Waals surface area contributed by atoms with Gasteiger partial charge < -0.3 is 13.9 Å². The number of nitrogens with zero attached hydrogens (tertiary/aromatic N) is 2. The van der Waals surface area contributed by atoms with E-state index in [1.807, 2.05) is 0 Å². The third kappa shape index (κ3) is 6.29. The van der Waals surface area contributed by atoms with Crippen molar-refractivity contribution in [1.82, 2.24) is 4.57 Å². The molecule has 0 unspecified atom stereocenters. The molecule has 2 heterocycles. The molecule has 0 bridgehead atoms. The molecule has 0 aliphatic heterocycles. The van der Waals surface area contributed by atoms with Gasteiger partial charge in [0.05, 0.1) is 27.8 Å². The molecule has 0 N–H and O–H groups in total. The molecule has 296 valence electrons. The standard InChI is InChI=1S/C60H40N2O/c1-4-16-41(17-5-1)43-28-33-48(34-29-43)62(56-38-32-46(42-18-6-2-7-19-42)40-53(56)44-20-8-3-9-21-44)57-39-37-49(60-59(57)52-24-12-15-27-58(52)63-60)45-30-35-47(36-31-45)61-54-25-13-10-22-50(54)51-23-11-14-26-55(51)61/h1-40H. The molecule has 63 heavy (non-hydrogen) atoms. The molecular formula is C60H40N2O. The molecule has 0 saturated heterocycles. The van der Waals surface area contributed by atoms with Gasteiger partial charge in [-0.3, -0.25) is 0 Å². The minimum atomic E-state index is 0.852. The molecular weight excluding hydrogens is 765 g/mol. The summed E-state index contributed by atoms with van der Waals surface area (Å²) >= 11 is 0. The van der Waals surface area contributed by atoms with E-state index in [9.17, 15) is 0 Å². The summed E-state index contributed by atoms with van der Waals surface area (Å²) in [6.07, 6.45) is 0. The second-order valence-corrected chi connectivity index (χ2v) is 16.1. The van der Waals surface area contributed by atoms with Gasteiger partial charge in [-0.1, -0.05) is 176 Å². The van der Waals surface area contributed by atoms with Crippen LogP contribution in [-0.4, -0.2) is 4.57 Å². The van der Waals surface area contributed by atoms with Gasteiger partial charge in [0.15, 0.2) is 0 Å². The lowest BCUT2D eigenvalue weighted by Crippen LogP contribution is -2.12. The van der Waals surface area contributed by atoms with Crippen LogP contribution < -0.4 is 4.90 Å². The number of aromatic nitrogens is 1. The predicted octanol–water partition coefficient (Wildman–Crippen LogP) is 16.8. The third-order valence-electron chi connectivity index (χ3n) is 12.4. The van der Waals surface area contributed by atoms with E-state index >= 15 is 0 Å². The van der Waals surface area contributed by atoms with Gasteiger partial charge in [0.1, 0.15) is 11.2 Å². The lowest BCUT2D eigenvalue weighted by Gasteiger charge is -2.29. The van der Waals surface area contributed by atoms with Crippen LogP contribution in [0.5, 0.6) is 0 Å². The number of hydrogen-bond donors (Lipinski definition) is 0. The van der Waals surface area contributed by atoms with Crippen LogP contribution in [0.15, 0.2) is 247 Å². The number of rotatable bonds is 8. The van der Waals surface area contributed by atoms with Gasteiger partial charge in [0.25, 0.3) is 0 Å². The second kappa shape index (κ2) is 15.3. The monoisotopic (exact) mass is 804 g/mol. The van der Waals surface area contributed by atoms with Crippen molar-refractivity contribution < 1.29 is 4.42 Å². The van der Waals surface area contributed by atoms with E-state index in [0.29, 0.717) is 0 Å². The smallest absolute Gasteiger partial charge is 0.145 e. The van der Waals surface area contributed by atoms with E-state index in [1.54, 1.807) is 0 Å². The van der Waals surface area contributed by atoms with Gasteiger partial charge in [0, 0.05) is 38.7 Å². The van der Waals surface area contributed by atoms with Crippen molar-refractivity contribution in [2.24, 2.45) is 0 Å². The first-order valence-corrected chi connectivity index (χ1v) is 21.5. The lowest BCUT2D eigenvalue weighted by molar-refractivity contribution is 0.670. The summed E-state index contributed by atoms with van der Waals surface area (Å²) < 4.78 is 9.32. The van der Waals surface area contributed by atoms with Crippen LogP contribution in [0.4, 0.5) is 17.1 Å². The Kier molecular flexibility index (Phi) is 8.83. The van der Waals surface area contributed by atoms with E-state index in [-0.39, 0.29) is 0 Å².